The summed E-state index contributed by atoms with van der Waals surface area (Å²) < 4.78 is 2.57. The highest BCUT2D eigenvalue weighted by atomic mass is 15.1. The van der Waals surface area contributed by atoms with Gasteiger partial charge in [-0.05, 0) is 26.2 Å². The van der Waals surface area contributed by atoms with Crippen LogP contribution in [0.25, 0.3) is 0 Å². The van der Waals surface area contributed by atoms with E-state index in [1.54, 1.807) is 0 Å². The molecule has 2 heteroatoms. The van der Waals surface area contributed by atoms with Crippen molar-refractivity contribution in [3.05, 3.63) is 18.2 Å². The highest BCUT2D eigenvalue weighted by Gasteiger charge is 2.19. The number of rotatable bonds is 29. The Balaban J connectivity index is 2.47. The molecule has 1 aromatic rings. The lowest BCUT2D eigenvalue weighted by molar-refractivity contribution is 0.412. The first-order valence-electron chi connectivity index (χ1n) is 17.8. The van der Waals surface area contributed by atoms with Crippen LogP contribution in [-0.2, 0) is 0 Å². The summed E-state index contributed by atoms with van der Waals surface area (Å²) in [5.74, 6) is 2.06. The van der Waals surface area contributed by atoms with E-state index in [2.05, 4.69) is 44.7 Å². The van der Waals surface area contributed by atoms with Gasteiger partial charge in [0.25, 0.3) is 0 Å². The average Bonchev–Trinajstić information content (AvgIpc) is 3.42. The molecule has 2 nitrogen and oxygen atoms in total. The van der Waals surface area contributed by atoms with Crippen LogP contribution in [0, 0.1) is 0 Å². The average molecular weight is 531 g/mol. The maximum absolute atomic E-state index is 4.98. The zero-order valence-electron chi connectivity index (χ0n) is 26.8. The largest absolute Gasteiger partial charge is 0.332 e. The lowest BCUT2D eigenvalue weighted by atomic mass is 9.92. The van der Waals surface area contributed by atoms with Crippen LogP contribution in [0.3, 0.4) is 0 Å². The predicted octanol–water partition coefficient (Wildman–Crippen LogP) is 13.1. The Morgan fingerprint density at radius 1 is 0.500 bits per heavy atom. The summed E-state index contributed by atoms with van der Waals surface area (Å²) in [6, 6.07) is 0.590. The second-order valence-corrected chi connectivity index (χ2v) is 12.5. The van der Waals surface area contributed by atoms with Crippen LogP contribution in [0.1, 0.15) is 219 Å². The van der Waals surface area contributed by atoms with Gasteiger partial charge in [-0.15, -0.1) is 0 Å². The predicted molar refractivity (Wildman–Crippen MR) is 171 cm³/mol. The van der Waals surface area contributed by atoms with Crippen LogP contribution in [0.5, 0.6) is 0 Å². The summed E-state index contributed by atoms with van der Waals surface area (Å²) in [4.78, 5) is 4.98. The van der Waals surface area contributed by atoms with E-state index in [9.17, 15) is 0 Å². The van der Waals surface area contributed by atoms with E-state index in [1.165, 1.54) is 179 Å². The van der Waals surface area contributed by atoms with Gasteiger partial charge in [0, 0.05) is 24.4 Å². The van der Waals surface area contributed by atoms with E-state index in [4.69, 9.17) is 4.98 Å². The van der Waals surface area contributed by atoms with Gasteiger partial charge in [0.05, 0.1) is 0 Å². The molecule has 2 unspecified atom stereocenters. The zero-order valence-corrected chi connectivity index (χ0v) is 26.8. The molecule has 0 spiro atoms. The number of aromatic nitrogens is 2. The molecule has 0 bridgehead atoms. The van der Waals surface area contributed by atoms with Crippen LogP contribution in [0.2, 0.25) is 0 Å². The fourth-order valence-electron chi connectivity index (χ4n) is 6.18. The Kier molecular flexibility index (Phi) is 24.5. The van der Waals surface area contributed by atoms with Gasteiger partial charge in [0.1, 0.15) is 5.82 Å². The minimum absolute atomic E-state index is 0.590. The number of hydrogen-bond acceptors (Lipinski definition) is 1. The molecule has 0 aromatic carbocycles. The van der Waals surface area contributed by atoms with Crippen molar-refractivity contribution in [1.82, 2.24) is 9.55 Å². The van der Waals surface area contributed by atoms with Crippen molar-refractivity contribution < 1.29 is 0 Å². The molecule has 0 aliphatic carbocycles. The van der Waals surface area contributed by atoms with Gasteiger partial charge in [0.15, 0.2) is 0 Å². The molecule has 0 saturated heterocycles. The van der Waals surface area contributed by atoms with Gasteiger partial charge in [-0.1, -0.05) is 175 Å². The van der Waals surface area contributed by atoms with Crippen molar-refractivity contribution in [3.63, 3.8) is 0 Å². The first-order chi connectivity index (χ1) is 18.7. The molecule has 0 saturated carbocycles. The van der Waals surface area contributed by atoms with E-state index in [-0.39, 0.29) is 0 Å². The van der Waals surface area contributed by atoms with Crippen LogP contribution in [0.4, 0.5) is 0 Å². The molecule has 0 radical (unpaired) electrons. The lowest BCUT2D eigenvalue weighted by Gasteiger charge is -2.22. The third-order valence-electron chi connectivity index (χ3n) is 8.83. The number of imidazole rings is 1. The minimum atomic E-state index is 0.590. The molecule has 0 aliphatic heterocycles. The summed E-state index contributed by atoms with van der Waals surface area (Å²) in [7, 11) is 0. The summed E-state index contributed by atoms with van der Waals surface area (Å²) in [5.41, 5.74) is 0. The normalized spacial score (nSPS) is 13.3. The number of hydrogen-bond donors (Lipinski definition) is 0. The molecule has 0 fully saturated rings. The second-order valence-electron chi connectivity index (χ2n) is 12.5. The van der Waals surface area contributed by atoms with Crippen molar-refractivity contribution in [3.8, 4) is 0 Å². The van der Waals surface area contributed by atoms with Gasteiger partial charge >= 0.3 is 0 Å². The van der Waals surface area contributed by atoms with Gasteiger partial charge in [0.2, 0.25) is 0 Å². The third kappa shape index (κ3) is 18.5. The van der Waals surface area contributed by atoms with E-state index < -0.39 is 0 Å². The molecule has 0 aliphatic rings. The molecule has 1 heterocycles. The molecule has 2 atom stereocenters. The maximum atomic E-state index is 4.98. The van der Waals surface area contributed by atoms with Crippen molar-refractivity contribution in [1.29, 1.82) is 0 Å². The van der Waals surface area contributed by atoms with Crippen molar-refractivity contribution >= 4 is 0 Å². The zero-order chi connectivity index (χ0) is 27.5. The Morgan fingerprint density at radius 2 is 0.842 bits per heavy atom. The number of nitrogens with zero attached hydrogens (tertiary/aromatic N) is 2. The molecule has 1 rings (SSSR count). The summed E-state index contributed by atoms with van der Waals surface area (Å²) in [5, 5.41) is 0. The highest BCUT2D eigenvalue weighted by molar-refractivity contribution is 5.02. The highest BCUT2D eigenvalue weighted by Crippen LogP contribution is 2.31. The summed E-state index contributed by atoms with van der Waals surface area (Å²) >= 11 is 0. The topological polar surface area (TPSA) is 17.8 Å². The fraction of sp³-hybridized carbons (Fsp3) is 0.917. The molecule has 224 valence electrons. The standard InChI is InChI=1S/C36H70N2/c1-5-8-11-14-17-18-19-22-25-28-31-35(30-27-24-21-16-13-10-7-3)36-37-32-33-38(36)34(4)29-26-23-20-15-12-9-6-2/h32-35H,5-31H2,1-4H3. The molecule has 1 aromatic heterocycles. The molecule has 0 amide bonds. The van der Waals surface area contributed by atoms with E-state index >= 15 is 0 Å². The first kappa shape index (κ1) is 35.2. The summed E-state index contributed by atoms with van der Waals surface area (Å²) in [6.07, 6.45) is 42.3. The van der Waals surface area contributed by atoms with Gasteiger partial charge in [-0.3, -0.25) is 0 Å². The monoisotopic (exact) mass is 531 g/mol. The Hall–Kier alpha value is -0.790. The molecule has 38 heavy (non-hydrogen) atoms. The van der Waals surface area contributed by atoms with Crippen molar-refractivity contribution in [2.75, 3.05) is 0 Å². The van der Waals surface area contributed by atoms with Crippen LogP contribution < -0.4 is 0 Å². The second kappa shape index (κ2) is 26.4. The van der Waals surface area contributed by atoms with Crippen LogP contribution >= 0.6 is 0 Å². The fourth-order valence-corrected chi connectivity index (χ4v) is 6.18. The smallest absolute Gasteiger partial charge is 0.111 e. The molecular weight excluding hydrogens is 460 g/mol. The van der Waals surface area contributed by atoms with E-state index in [0.717, 1.165) is 0 Å². The van der Waals surface area contributed by atoms with Crippen LogP contribution in [-0.4, -0.2) is 9.55 Å². The van der Waals surface area contributed by atoms with Gasteiger partial charge in [-0.25, -0.2) is 4.98 Å². The van der Waals surface area contributed by atoms with E-state index in [1.807, 2.05) is 0 Å². The quantitative estimate of drug-likeness (QED) is 0.0941. The Labute approximate surface area is 240 Å². The van der Waals surface area contributed by atoms with Crippen LogP contribution in [0.15, 0.2) is 12.4 Å². The Bertz CT molecular complexity index is 592. The first-order valence-corrected chi connectivity index (χ1v) is 17.8. The lowest BCUT2D eigenvalue weighted by Crippen LogP contribution is -2.13. The molecule has 0 N–H and O–H groups in total. The van der Waals surface area contributed by atoms with Crippen molar-refractivity contribution in [2.24, 2.45) is 0 Å². The maximum Gasteiger partial charge on any atom is 0.111 e. The number of unbranched alkanes of at least 4 members (excludes halogenated alkanes) is 21. The van der Waals surface area contributed by atoms with E-state index in [0.29, 0.717) is 12.0 Å². The van der Waals surface area contributed by atoms with Gasteiger partial charge < -0.3 is 4.57 Å². The van der Waals surface area contributed by atoms with Gasteiger partial charge in [-0.2, -0.15) is 0 Å². The van der Waals surface area contributed by atoms with Crippen molar-refractivity contribution in [2.45, 2.75) is 213 Å². The summed E-state index contributed by atoms with van der Waals surface area (Å²) in [6.45, 7) is 9.37. The Morgan fingerprint density at radius 3 is 1.24 bits per heavy atom. The molecular formula is C36H70N2. The SMILES string of the molecule is CCCCCCCCCCCCC(CCCCCCCCC)c1nccn1C(C)CCCCCCCCC. The minimum Gasteiger partial charge on any atom is -0.332 e. The third-order valence-corrected chi connectivity index (χ3v) is 8.83.